The van der Waals surface area contributed by atoms with E-state index in [1.165, 1.54) is 12.2 Å². The van der Waals surface area contributed by atoms with E-state index in [1.807, 2.05) is 36.9 Å². The Bertz CT molecular complexity index is 653. The van der Waals surface area contributed by atoms with Gasteiger partial charge < -0.3 is 10.2 Å². The summed E-state index contributed by atoms with van der Waals surface area (Å²) in [6, 6.07) is 5.90. The third kappa shape index (κ3) is 3.64. The average molecular weight is 329 g/mol. The van der Waals surface area contributed by atoms with Gasteiger partial charge in [0.1, 0.15) is 5.82 Å². The molecule has 1 atom stereocenters. The first-order valence-electron chi connectivity index (χ1n) is 7.84. The van der Waals surface area contributed by atoms with E-state index in [0.717, 1.165) is 35.2 Å². The Morgan fingerprint density at radius 2 is 2.22 bits per heavy atom. The standard InChI is InChI=1S/C17H23N5S/c1-13-9-15(19-11-17(22(2)3)6-8-23-12-17)21-16(20-13)14-5-4-7-18-10-14/h4-5,7,9-10H,6,8,11-12H2,1-3H3,(H,19,20,21). The SMILES string of the molecule is Cc1cc(NCC2(N(C)C)CCSC2)nc(-c2cccnc2)n1. The van der Waals surface area contributed by atoms with E-state index in [4.69, 9.17) is 0 Å². The van der Waals surface area contributed by atoms with Gasteiger partial charge in [0.25, 0.3) is 0 Å². The second kappa shape index (κ2) is 6.84. The Morgan fingerprint density at radius 1 is 1.35 bits per heavy atom. The van der Waals surface area contributed by atoms with Crippen LogP contribution in [0.4, 0.5) is 5.82 Å². The molecule has 0 aliphatic carbocycles. The number of aromatic nitrogens is 3. The number of rotatable bonds is 5. The Labute approximate surface area is 141 Å². The first-order chi connectivity index (χ1) is 11.1. The molecule has 1 unspecified atom stereocenters. The highest BCUT2D eigenvalue weighted by molar-refractivity contribution is 7.99. The van der Waals surface area contributed by atoms with Gasteiger partial charge >= 0.3 is 0 Å². The molecule has 0 spiro atoms. The van der Waals surface area contributed by atoms with Gasteiger partial charge in [0.2, 0.25) is 0 Å². The number of hydrogen-bond acceptors (Lipinski definition) is 6. The molecule has 3 heterocycles. The predicted octanol–water partition coefficient (Wildman–Crippen LogP) is 2.70. The highest BCUT2D eigenvalue weighted by Gasteiger charge is 2.36. The molecule has 5 nitrogen and oxygen atoms in total. The topological polar surface area (TPSA) is 53.9 Å². The molecule has 2 aromatic heterocycles. The largest absolute Gasteiger partial charge is 0.368 e. The number of hydrogen-bond donors (Lipinski definition) is 1. The van der Waals surface area contributed by atoms with Crippen LogP contribution in [0.25, 0.3) is 11.4 Å². The predicted molar refractivity (Wildman–Crippen MR) is 96.8 cm³/mol. The van der Waals surface area contributed by atoms with Gasteiger partial charge in [0, 0.05) is 47.6 Å². The zero-order valence-corrected chi connectivity index (χ0v) is 14.7. The van der Waals surface area contributed by atoms with Crippen LogP contribution in [0.2, 0.25) is 0 Å². The van der Waals surface area contributed by atoms with Crippen LogP contribution >= 0.6 is 11.8 Å². The highest BCUT2D eigenvalue weighted by atomic mass is 32.2. The van der Waals surface area contributed by atoms with Crippen molar-refractivity contribution < 1.29 is 0 Å². The maximum Gasteiger partial charge on any atom is 0.163 e. The van der Waals surface area contributed by atoms with Crippen LogP contribution in [0.15, 0.2) is 30.6 Å². The van der Waals surface area contributed by atoms with Gasteiger partial charge in [-0.2, -0.15) is 11.8 Å². The minimum Gasteiger partial charge on any atom is -0.368 e. The van der Waals surface area contributed by atoms with Gasteiger partial charge in [-0.1, -0.05) is 0 Å². The summed E-state index contributed by atoms with van der Waals surface area (Å²) < 4.78 is 0. The lowest BCUT2D eigenvalue weighted by Gasteiger charge is -2.36. The van der Waals surface area contributed by atoms with Crippen LogP contribution in [0.3, 0.4) is 0 Å². The van der Waals surface area contributed by atoms with E-state index in [1.54, 1.807) is 12.4 Å². The number of likely N-dealkylation sites (N-methyl/N-ethyl adjacent to an activating group) is 1. The Balaban J connectivity index is 1.79. The van der Waals surface area contributed by atoms with Crippen molar-refractivity contribution in [3.63, 3.8) is 0 Å². The fraction of sp³-hybridized carbons (Fsp3) is 0.471. The number of anilines is 1. The third-order valence-corrected chi connectivity index (χ3v) is 5.64. The van der Waals surface area contributed by atoms with E-state index >= 15 is 0 Å². The van der Waals surface area contributed by atoms with Gasteiger partial charge in [-0.3, -0.25) is 4.98 Å². The summed E-state index contributed by atoms with van der Waals surface area (Å²) in [5, 5.41) is 3.53. The first-order valence-corrected chi connectivity index (χ1v) is 9.00. The summed E-state index contributed by atoms with van der Waals surface area (Å²) in [5.41, 5.74) is 2.11. The van der Waals surface area contributed by atoms with Crippen molar-refractivity contribution in [3.8, 4) is 11.4 Å². The second-order valence-electron chi connectivity index (χ2n) is 6.23. The quantitative estimate of drug-likeness (QED) is 0.910. The molecule has 0 radical (unpaired) electrons. The monoisotopic (exact) mass is 329 g/mol. The average Bonchev–Trinajstić information content (AvgIpc) is 3.04. The summed E-state index contributed by atoms with van der Waals surface area (Å²) in [4.78, 5) is 15.7. The van der Waals surface area contributed by atoms with E-state index in [2.05, 4.69) is 39.3 Å². The van der Waals surface area contributed by atoms with E-state index < -0.39 is 0 Å². The number of nitrogens with zero attached hydrogens (tertiary/aromatic N) is 4. The van der Waals surface area contributed by atoms with Crippen LogP contribution in [0.1, 0.15) is 12.1 Å². The zero-order valence-electron chi connectivity index (χ0n) is 13.9. The molecule has 3 rings (SSSR count). The van der Waals surface area contributed by atoms with Crippen molar-refractivity contribution in [3.05, 3.63) is 36.3 Å². The molecular weight excluding hydrogens is 306 g/mol. The van der Waals surface area contributed by atoms with Crippen molar-refractivity contribution in [1.82, 2.24) is 19.9 Å². The van der Waals surface area contributed by atoms with Gasteiger partial charge in [0.05, 0.1) is 0 Å². The second-order valence-corrected chi connectivity index (χ2v) is 7.34. The Hall–Kier alpha value is -1.66. The van der Waals surface area contributed by atoms with Crippen molar-refractivity contribution in [2.75, 3.05) is 37.5 Å². The highest BCUT2D eigenvalue weighted by Crippen LogP contribution is 2.32. The molecule has 2 aromatic rings. The molecule has 1 saturated heterocycles. The molecule has 1 fully saturated rings. The minimum atomic E-state index is 0.206. The molecule has 23 heavy (non-hydrogen) atoms. The smallest absolute Gasteiger partial charge is 0.163 e. The molecular formula is C17H23N5S. The summed E-state index contributed by atoms with van der Waals surface area (Å²) >= 11 is 2.02. The van der Waals surface area contributed by atoms with Gasteiger partial charge in [-0.15, -0.1) is 0 Å². The lowest BCUT2D eigenvalue weighted by Crippen LogP contribution is -2.49. The minimum absolute atomic E-state index is 0.206. The number of aryl methyl sites for hydroxylation is 1. The first kappa shape index (κ1) is 16.2. The molecule has 0 amide bonds. The fourth-order valence-corrected chi connectivity index (χ4v) is 4.34. The van der Waals surface area contributed by atoms with Crippen molar-refractivity contribution in [2.24, 2.45) is 0 Å². The molecule has 122 valence electrons. The van der Waals surface area contributed by atoms with Crippen LogP contribution in [-0.2, 0) is 0 Å². The van der Waals surface area contributed by atoms with Gasteiger partial charge in [0.15, 0.2) is 5.82 Å². The zero-order chi connectivity index (χ0) is 16.3. The molecule has 6 heteroatoms. The van der Waals surface area contributed by atoms with Crippen molar-refractivity contribution in [1.29, 1.82) is 0 Å². The number of pyridine rings is 1. The van der Waals surface area contributed by atoms with Gasteiger partial charge in [-0.25, -0.2) is 9.97 Å². The van der Waals surface area contributed by atoms with Crippen LogP contribution in [-0.4, -0.2) is 57.5 Å². The molecule has 1 N–H and O–H groups in total. The van der Waals surface area contributed by atoms with Crippen LogP contribution in [0, 0.1) is 6.92 Å². The van der Waals surface area contributed by atoms with E-state index in [-0.39, 0.29) is 5.54 Å². The summed E-state index contributed by atoms with van der Waals surface area (Å²) in [5.74, 6) is 3.99. The molecule has 1 aliphatic heterocycles. The van der Waals surface area contributed by atoms with E-state index in [9.17, 15) is 0 Å². The Kier molecular flexibility index (Phi) is 4.82. The van der Waals surface area contributed by atoms with Gasteiger partial charge in [-0.05, 0) is 45.3 Å². The maximum atomic E-state index is 4.67. The molecule has 0 bridgehead atoms. The lowest BCUT2D eigenvalue weighted by molar-refractivity contribution is 0.195. The fourth-order valence-electron chi connectivity index (χ4n) is 2.79. The van der Waals surface area contributed by atoms with Crippen molar-refractivity contribution >= 4 is 17.6 Å². The number of thioether (sulfide) groups is 1. The summed E-state index contributed by atoms with van der Waals surface area (Å²) in [6.45, 7) is 2.90. The van der Waals surface area contributed by atoms with E-state index in [0.29, 0.717) is 0 Å². The third-order valence-electron chi connectivity index (χ3n) is 4.40. The van der Waals surface area contributed by atoms with Crippen LogP contribution < -0.4 is 5.32 Å². The summed E-state index contributed by atoms with van der Waals surface area (Å²) in [7, 11) is 4.33. The maximum absolute atomic E-state index is 4.67. The lowest BCUT2D eigenvalue weighted by atomic mass is 9.97. The van der Waals surface area contributed by atoms with Crippen molar-refractivity contribution in [2.45, 2.75) is 18.9 Å². The number of nitrogens with one attached hydrogen (secondary N) is 1. The molecule has 1 aliphatic rings. The summed E-state index contributed by atoms with van der Waals surface area (Å²) in [6.07, 6.45) is 4.77. The molecule has 0 aromatic carbocycles. The normalized spacial score (nSPS) is 20.9. The molecule has 0 saturated carbocycles. The van der Waals surface area contributed by atoms with Crippen LogP contribution in [0.5, 0.6) is 0 Å². The Morgan fingerprint density at radius 3 is 2.87 bits per heavy atom.